The molecule has 8 nitrogen and oxygen atoms in total. The van der Waals surface area contributed by atoms with Crippen molar-refractivity contribution in [3.8, 4) is 22.9 Å². The third-order valence-corrected chi connectivity index (χ3v) is 8.52. The van der Waals surface area contributed by atoms with Crippen molar-refractivity contribution in [2.75, 3.05) is 7.11 Å². The molecule has 0 aliphatic rings. The Hall–Kier alpha value is -4.18. The number of benzene rings is 3. The number of aryl methyl sites for hydroxylation is 2. The van der Waals surface area contributed by atoms with Gasteiger partial charge in [-0.1, -0.05) is 41.4 Å². The van der Waals surface area contributed by atoms with Gasteiger partial charge in [-0.05, 0) is 90.4 Å². The molecule has 0 saturated heterocycles. The summed E-state index contributed by atoms with van der Waals surface area (Å²) in [6.07, 6.45) is 1.43. The van der Waals surface area contributed by atoms with E-state index in [0.29, 0.717) is 38.1 Å². The number of halogens is 3. The van der Waals surface area contributed by atoms with Gasteiger partial charge in [-0.2, -0.15) is 5.10 Å². The first kappa shape index (κ1) is 31.3. The molecule has 5 rings (SSSR count). The van der Waals surface area contributed by atoms with Crippen LogP contribution in [-0.2, 0) is 13.2 Å². The second-order valence-corrected chi connectivity index (χ2v) is 11.3. The third-order valence-electron chi connectivity index (χ3n) is 6.71. The molecule has 5 aromatic rings. The van der Waals surface area contributed by atoms with Crippen LogP contribution in [-0.4, -0.2) is 23.8 Å². The highest BCUT2D eigenvalue weighted by Gasteiger charge is 2.18. The number of carbonyl (C=O) groups is 1. The largest absolute Gasteiger partial charge is 0.493 e. The second kappa shape index (κ2) is 14.1. The molecule has 1 N–H and O–H groups in total. The standard InChI is InChI=1S/C33H28BrCl2N3O5/c1-20-8-9-21(2)39(20)24-10-12-25(13-11-24)42-19-26-14-15-28(44-26)33(40)38-37-17-23-16-29(41-3)32(31(36)30(23)34)43-18-22-6-4-5-7-27(22)35/h4-17H,18-19H2,1-3H3,(H,38,40)/b37-17+. The molecule has 44 heavy (non-hydrogen) atoms. The van der Waals surface area contributed by atoms with Crippen LogP contribution in [0.15, 0.2) is 92.9 Å². The Morgan fingerprint density at radius 1 is 0.977 bits per heavy atom. The van der Waals surface area contributed by atoms with E-state index in [-0.39, 0.29) is 24.0 Å². The maximum atomic E-state index is 12.6. The number of nitrogens with one attached hydrogen (secondary N) is 1. The Kier molecular flexibility index (Phi) is 9.99. The Labute approximate surface area is 273 Å². The number of aromatic nitrogens is 1. The highest BCUT2D eigenvalue weighted by molar-refractivity contribution is 9.10. The van der Waals surface area contributed by atoms with Gasteiger partial charge in [0.05, 0.1) is 13.3 Å². The lowest BCUT2D eigenvalue weighted by atomic mass is 10.2. The molecule has 1 amide bonds. The molecule has 2 heterocycles. The zero-order valence-electron chi connectivity index (χ0n) is 24.1. The van der Waals surface area contributed by atoms with Crippen LogP contribution >= 0.6 is 39.1 Å². The molecular weight excluding hydrogens is 669 g/mol. The normalized spacial score (nSPS) is 11.1. The predicted molar refractivity (Wildman–Crippen MR) is 175 cm³/mol. The van der Waals surface area contributed by atoms with Crippen LogP contribution in [0.1, 0.15) is 38.8 Å². The molecule has 0 aliphatic heterocycles. The Morgan fingerprint density at radius 2 is 1.70 bits per heavy atom. The van der Waals surface area contributed by atoms with Crippen molar-refractivity contribution in [3.63, 3.8) is 0 Å². The number of nitrogens with zero attached hydrogens (tertiary/aromatic N) is 2. The highest BCUT2D eigenvalue weighted by Crippen LogP contribution is 2.42. The van der Waals surface area contributed by atoms with Gasteiger partial charge in [0.15, 0.2) is 17.3 Å². The fourth-order valence-corrected chi connectivity index (χ4v) is 5.31. The first-order chi connectivity index (χ1) is 21.2. The monoisotopic (exact) mass is 695 g/mol. The molecule has 3 aromatic carbocycles. The van der Waals surface area contributed by atoms with Gasteiger partial charge in [-0.3, -0.25) is 4.79 Å². The van der Waals surface area contributed by atoms with Crippen molar-refractivity contribution in [1.29, 1.82) is 0 Å². The summed E-state index contributed by atoms with van der Waals surface area (Å²) in [6, 6.07) is 24.2. The fraction of sp³-hybridized carbons (Fsp3) is 0.152. The van der Waals surface area contributed by atoms with Crippen LogP contribution in [0.25, 0.3) is 5.69 Å². The lowest BCUT2D eigenvalue weighted by Gasteiger charge is -2.15. The number of hydrogen-bond donors (Lipinski definition) is 1. The quantitative estimate of drug-likeness (QED) is 0.110. The molecule has 0 aliphatic carbocycles. The summed E-state index contributed by atoms with van der Waals surface area (Å²) in [7, 11) is 1.50. The number of rotatable bonds is 11. The molecule has 0 spiro atoms. The molecule has 0 bridgehead atoms. The number of furan rings is 1. The van der Waals surface area contributed by atoms with Crippen LogP contribution in [0.2, 0.25) is 10.0 Å². The van der Waals surface area contributed by atoms with Gasteiger partial charge in [0.2, 0.25) is 0 Å². The van der Waals surface area contributed by atoms with Gasteiger partial charge in [-0.25, -0.2) is 5.43 Å². The molecular formula is C33H28BrCl2N3O5. The van der Waals surface area contributed by atoms with Gasteiger partial charge in [0, 0.05) is 37.7 Å². The first-order valence-corrected chi connectivity index (χ1v) is 15.0. The number of ether oxygens (including phenoxy) is 3. The summed E-state index contributed by atoms with van der Waals surface area (Å²) in [5.74, 6) is 1.47. The molecule has 0 unspecified atom stereocenters. The lowest BCUT2D eigenvalue weighted by molar-refractivity contribution is 0.0923. The number of hydrazone groups is 1. The van der Waals surface area contributed by atoms with Crippen LogP contribution < -0.4 is 19.6 Å². The predicted octanol–water partition coefficient (Wildman–Crippen LogP) is 8.69. The van der Waals surface area contributed by atoms with E-state index in [1.165, 1.54) is 13.3 Å². The van der Waals surface area contributed by atoms with Crippen molar-refractivity contribution >= 4 is 51.3 Å². The minimum absolute atomic E-state index is 0.0904. The lowest BCUT2D eigenvalue weighted by Crippen LogP contribution is -2.16. The van der Waals surface area contributed by atoms with Gasteiger partial charge < -0.3 is 23.2 Å². The van der Waals surface area contributed by atoms with Crippen LogP contribution in [0.3, 0.4) is 0 Å². The SMILES string of the molecule is COc1cc(/C=N/NC(=O)c2ccc(COc3ccc(-n4c(C)ccc4C)cc3)o2)c(Br)c(Cl)c1OCc1ccccc1Cl. The maximum Gasteiger partial charge on any atom is 0.307 e. The molecule has 2 aromatic heterocycles. The molecule has 0 saturated carbocycles. The van der Waals surface area contributed by atoms with E-state index in [1.54, 1.807) is 24.3 Å². The van der Waals surface area contributed by atoms with Crippen LogP contribution in [0, 0.1) is 13.8 Å². The van der Waals surface area contributed by atoms with E-state index in [9.17, 15) is 4.79 Å². The fourth-order valence-electron chi connectivity index (χ4n) is 4.46. The van der Waals surface area contributed by atoms with Gasteiger partial charge >= 0.3 is 5.91 Å². The number of amides is 1. The summed E-state index contributed by atoms with van der Waals surface area (Å²) >= 11 is 16.3. The average Bonchev–Trinajstić information content (AvgIpc) is 3.64. The highest BCUT2D eigenvalue weighted by atomic mass is 79.9. The number of hydrogen-bond acceptors (Lipinski definition) is 6. The van der Waals surface area contributed by atoms with Gasteiger partial charge in [0.1, 0.15) is 29.7 Å². The maximum absolute atomic E-state index is 12.6. The summed E-state index contributed by atoms with van der Waals surface area (Å²) in [5.41, 5.74) is 7.19. The second-order valence-electron chi connectivity index (χ2n) is 9.70. The summed E-state index contributed by atoms with van der Waals surface area (Å²) < 4.78 is 25.6. The summed E-state index contributed by atoms with van der Waals surface area (Å²) in [6.45, 7) is 4.49. The topological polar surface area (TPSA) is 87.2 Å². The van der Waals surface area contributed by atoms with Gasteiger partial charge in [-0.15, -0.1) is 0 Å². The first-order valence-electron chi connectivity index (χ1n) is 13.5. The Balaban J connectivity index is 1.17. The smallest absolute Gasteiger partial charge is 0.307 e. The van der Waals surface area contributed by atoms with E-state index in [2.05, 4.69) is 57.0 Å². The third kappa shape index (κ3) is 7.13. The van der Waals surface area contributed by atoms with E-state index < -0.39 is 5.91 Å². The Bertz CT molecular complexity index is 1800. The van der Waals surface area contributed by atoms with E-state index in [4.69, 9.17) is 41.8 Å². The molecule has 11 heteroatoms. The van der Waals surface area contributed by atoms with Crippen molar-refractivity contribution in [1.82, 2.24) is 9.99 Å². The summed E-state index contributed by atoms with van der Waals surface area (Å²) in [4.78, 5) is 12.6. The van der Waals surface area contributed by atoms with Crippen molar-refractivity contribution < 1.29 is 23.4 Å². The van der Waals surface area contributed by atoms with Crippen molar-refractivity contribution in [2.24, 2.45) is 5.10 Å². The average molecular weight is 697 g/mol. The molecule has 0 atom stereocenters. The van der Waals surface area contributed by atoms with Crippen LogP contribution in [0.5, 0.6) is 17.2 Å². The molecule has 226 valence electrons. The molecule has 0 fully saturated rings. The van der Waals surface area contributed by atoms with E-state index in [0.717, 1.165) is 22.6 Å². The Morgan fingerprint density at radius 3 is 2.41 bits per heavy atom. The van der Waals surface area contributed by atoms with Crippen molar-refractivity contribution in [2.45, 2.75) is 27.1 Å². The minimum atomic E-state index is -0.525. The van der Waals surface area contributed by atoms with Crippen LogP contribution in [0.4, 0.5) is 0 Å². The zero-order valence-corrected chi connectivity index (χ0v) is 27.2. The van der Waals surface area contributed by atoms with E-state index >= 15 is 0 Å². The van der Waals surface area contributed by atoms with E-state index in [1.807, 2.05) is 42.5 Å². The minimum Gasteiger partial charge on any atom is -0.493 e. The number of carbonyl (C=O) groups excluding carboxylic acids is 1. The van der Waals surface area contributed by atoms with Crippen molar-refractivity contribution in [3.05, 3.63) is 127 Å². The zero-order chi connectivity index (χ0) is 31.2. The number of methoxy groups -OCH3 is 1. The summed E-state index contributed by atoms with van der Waals surface area (Å²) in [5, 5.41) is 4.92. The van der Waals surface area contributed by atoms with Gasteiger partial charge in [0.25, 0.3) is 0 Å². The molecule has 0 radical (unpaired) electrons.